The van der Waals surface area contributed by atoms with Crippen molar-refractivity contribution in [2.75, 3.05) is 26.4 Å². The fraction of sp³-hybridized carbons (Fsp3) is 0.570. The van der Waals surface area contributed by atoms with Gasteiger partial charge in [-0.3, -0.25) is 4.79 Å². The van der Waals surface area contributed by atoms with E-state index in [0.717, 1.165) is 38.9 Å². The smallest absolute Gasteiger partial charge is 0.303 e. The normalized spacial score (nSPS) is 35.4. The third-order valence-corrected chi connectivity index (χ3v) is 26.6. The fourth-order valence-electron chi connectivity index (χ4n) is 18.6. The van der Waals surface area contributed by atoms with Crippen LogP contribution in [0.3, 0.4) is 0 Å². The second-order valence-corrected chi connectivity index (χ2v) is 35.5. The molecular weight excluding hydrogens is 1580 g/mol. The summed E-state index contributed by atoms with van der Waals surface area (Å²) in [5.41, 5.74) is 17.7. The van der Waals surface area contributed by atoms with Gasteiger partial charge in [0.2, 0.25) is 0 Å². The molecule has 0 amide bonds. The molecule has 7 aromatic rings. The second kappa shape index (κ2) is 44.5. The van der Waals surface area contributed by atoms with Gasteiger partial charge in [-0.05, 0) is 112 Å². The van der Waals surface area contributed by atoms with Crippen LogP contribution in [0.2, 0.25) is 0 Å². The molecule has 7 aliphatic rings. The Balaban J connectivity index is 0.774. The summed E-state index contributed by atoms with van der Waals surface area (Å²) in [5.74, 6) is -3.45. The lowest BCUT2D eigenvalue weighted by Crippen LogP contribution is -2.67. The van der Waals surface area contributed by atoms with Gasteiger partial charge in [-0.25, -0.2) is 0 Å². The van der Waals surface area contributed by atoms with Crippen LogP contribution in [-0.2, 0) is 146 Å². The Kier molecular flexibility index (Phi) is 33.3. The maximum absolute atomic E-state index is 13.1. The molecule has 24 nitrogen and oxygen atoms in total. The van der Waals surface area contributed by atoms with Crippen LogP contribution in [0.4, 0.5) is 0 Å². The van der Waals surface area contributed by atoms with Gasteiger partial charge in [-0.2, -0.15) is 0 Å². The van der Waals surface area contributed by atoms with Crippen LogP contribution in [0, 0.1) is 53.3 Å². The van der Waals surface area contributed by atoms with E-state index in [2.05, 4.69) is 72.3 Å². The molecule has 670 valence electrons. The summed E-state index contributed by atoms with van der Waals surface area (Å²) in [6.45, 7) is 28.8. The highest BCUT2D eigenvalue weighted by Crippen LogP contribution is 2.48. The molecule has 6 heterocycles. The Bertz CT molecular complexity index is 4360. The lowest BCUT2D eigenvalue weighted by Gasteiger charge is -2.51. The highest BCUT2D eigenvalue weighted by atomic mass is 16.8. The predicted molar refractivity (Wildman–Crippen MR) is 462 cm³/mol. The molecule has 0 aromatic heterocycles. The van der Waals surface area contributed by atoms with Crippen molar-refractivity contribution in [2.24, 2.45) is 58.4 Å². The van der Waals surface area contributed by atoms with Crippen molar-refractivity contribution in [1.29, 1.82) is 0 Å². The van der Waals surface area contributed by atoms with E-state index in [1.54, 1.807) is 0 Å². The number of esters is 1. The number of nitrogens with zero attached hydrogens (tertiary/aromatic N) is 3. The van der Waals surface area contributed by atoms with Crippen molar-refractivity contribution in [3.05, 3.63) is 262 Å². The third kappa shape index (κ3) is 23.5. The van der Waals surface area contributed by atoms with E-state index in [1.165, 1.54) is 6.92 Å². The Hall–Kier alpha value is -7.44. The van der Waals surface area contributed by atoms with Crippen LogP contribution in [0.5, 0.6) is 0 Å². The molecule has 24 heteroatoms. The highest BCUT2D eigenvalue weighted by Gasteiger charge is 2.63. The molecule has 14 unspecified atom stereocenters. The molecule has 0 radical (unpaired) electrons. The van der Waals surface area contributed by atoms with Crippen molar-refractivity contribution in [1.82, 2.24) is 0 Å². The van der Waals surface area contributed by atoms with Gasteiger partial charge in [0, 0.05) is 17.8 Å². The van der Waals surface area contributed by atoms with Crippen LogP contribution in [-0.4, -0.2) is 173 Å². The van der Waals surface area contributed by atoms with Gasteiger partial charge >= 0.3 is 5.97 Å². The first kappa shape index (κ1) is 92.7. The van der Waals surface area contributed by atoms with E-state index in [4.69, 9.17) is 94.7 Å². The maximum Gasteiger partial charge on any atom is 0.303 e. The molecule has 7 aromatic carbocycles. The minimum absolute atomic E-state index is 0.00566. The number of rotatable bonds is 38. The minimum Gasteiger partial charge on any atom is -0.457 e. The lowest BCUT2D eigenvalue weighted by atomic mass is 9.81. The summed E-state index contributed by atoms with van der Waals surface area (Å²) in [4.78, 5) is 16.7. The summed E-state index contributed by atoms with van der Waals surface area (Å²) < 4.78 is 142. The Morgan fingerprint density at radius 1 is 0.331 bits per heavy atom. The van der Waals surface area contributed by atoms with Gasteiger partial charge in [-0.15, -0.1) is 0 Å². The number of carbonyl (C=O) groups is 1. The van der Waals surface area contributed by atoms with E-state index in [1.807, 2.05) is 233 Å². The molecule has 6 aliphatic heterocycles. The number of fused-ring (bicyclic) bond motifs is 1. The summed E-state index contributed by atoms with van der Waals surface area (Å²) >= 11 is 0. The molecule has 1 aliphatic carbocycles. The molecule has 0 spiro atoms. The number of ether oxygens (including phenoxy) is 20. The molecule has 7 fully saturated rings. The second-order valence-electron chi connectivity index (χ2n) is 35.5. The largest absolute Gasteiger partial charge is 0.457 e. The molecule has 31 atom stereocenters. The van der Waals surface area contributed by atoms with Crippen LogP contribution >= 0.6 is 0 Å². The molecule has 0 bridgehead atoms. The molecule has 0 N–H and O–H groups in total. The summed E-state index contributed by atoms with van der Waals surface area (Å²) in [7, 11) is 0. The van der Waals surface area contributed by atoms with Crippen molar-refractivity contribution < 1.29 is 99.5 Å². The Morgan fingerprint density at radius 3 is 1.06 bits per heavy atom. The van der Waals surface area contributed by atoms with Crippen LogP contribution in [0.25, 0.3) is 10.4 Å². The first-order chi connectivity index (χ1) is 60.2. The molecule has 14 rings (SSSR count). The highest BCUT2D eigenvalue weighted by molar-refractivity contribution is 5.66. The quantitative estimate of drug-likeness (QED) is 0.0151. The summed E-state index contributed by atoms with van der Waals surface area (Å²) in [5, 5.41) is 4.60. The average Bonchev–Trinajstić information content (AvgIpc) is 1.55. The zero-order chi connectivity index (χ0) is 86.8. The number of carbonyl (C=O) groups excluding carboxylic acids is 1. The summed E-state index contributed by atoms with van der Waals surface area (Å²) in [6.07, 6.45) is -16.3. The first-order valence-corrected chi connectivity index (χ1v) is 44.7. The third-order valence-electron chi connectivity index (χ3n) is 26.6. The zero-order valence-corrected chi connectivity index (χ0v) is 74.0. The van der Waals surface area contributed by atoms with E-state index in [0.29, 0.717) is 19.6 Å². The Labute approximate surface area is 731 Å². The SMILES string of the molecule is CCC1O[C@H](OC2[C@@H](OCC3O[C@H](O[C@@H]4C(COCc5ccccc5)O[C@H](OC5C(OCc6ccccc6)C(OCc6ccccc6)C(OCc6ccccc6)[C@@H]6OC(C)(C)O[C@@H]56)C(N=[N+]=[N-])[C@H]4C)C(OCc4ccccc4)[C@@H](C)[C@@H]3C)OC(COCc3ccccc3)[C@@H](C)[C@@H]2C)C(O[C@H]2OC(COCc3ccccc3)[C@@H](C)[C@H](C)C2OC(C)=O)[C@@H](C)[C@@H]1C. The molecule has 124 heavy (non-hydrogen) atoms. The van der Waals surface area contributed by atoms with Gasteiger partial charge in [0.1, 0.15) is 61.0 Å². The lowest BCUT2D eigenvalue weighted by molar-refractivity contribution is -0.379. The van der Waals surface area contributed by atoms with E-state index in [9.17, 15) is 10.3 Å². The van der Waals surface area contributed by atoms with Crippen molar-refractivity contribution in [3.63, 3.8) is 0 Å². The molecule has 1 saturated carbocycles. The number of azide groups is 1. The Morgan fingerprint density at radius 2 is 0.637 bits per heavy atom. The average molecular weight is 1710 g/mol. The summed E-state index contributed by atoms with van der Waals surface area (Å²) in [6, 6.07) is 68.9. The first-order valence-electron chi connectivity index (χ1n) is 44.7. The van der Waals surface area contributed by atoms with E-state index in [-0.39, 0.29) is 113 Å². The van der Waals surface area contributed by atoms with E-state index < -0.39 is 147 Å². The van der Waals surface area contributed by atoms with Crippen LogP contribution in [0.15, 0.2) is 217 Å². The fourth-order valence-corrected chi connectivity index (χ4v) is 18.6. The van der Waals surface area contributed by atoms with Crippen molar-refractivity contribution in [2.45, 2.75) is 284 Å². The van der Waals surface area contributed by atoms with E-state index >= 15 is 0 Å². The van der Waals surface area contributed by atoms with Crippen molar-refractivity contribution >= 4 is 5.97 Å². The van der Waals surface area contributed by atoms with Gasteiger partial charge in [-0.1, -0.05) is 287 Å². The standard InChI is InChI=1S/C100H129N3O21/c1-14-78-61(2)66(7)88(121-98-87(113-70(11)104)68(9)64(5)80(116-98)58-106-51-72-38-24-16-25-39-72)99(114-78)120-86-67(8)63(4)79(57-105-50-71-36-22-15-23-37-71)115-96(86)112-60-81-62(3)65(6)85(108-53-74-42-28-18-29-43-74)97(117-81)119-84-69(10)83(102-103-101)95(118-82(84)59-107-52-73-40-26-17-27-41-73)122-92-90(110-55-76-46-32-20-33-47-76)89(109-54-75-44-30-19-31-45-75)91(93-94(92)124-100(12,13)123-93)111-56-77-48-34-21-35-49-77/h15-49,61-69,78-99H,14,50-60H2,1-13H3/t61-,62-,63-,64-,65-,66-,67-,68-,69+,78?,79?,80?,81?,82?,83?,84-,85?,86?,87?,88?,89?,90?,91?,92?,93-,94-,95+,96-,97+,98+,99+/m0/s1. The minimum atomic E-state index is -1.27. The molecule has 6 saturated heterocycles. The topological polar surface area (TPSA) is 250 Å². The maximum atomic E-state index is 13.1. The van der Waals surface area contributed by atoms with Gasteiger partial charge in [0.25, 0.3) is 0 Å². The van der Waals surface area contributed by atoms with Crippen LogP contribution < -0.4 is 0 Å². The van der Waals surface area contributed by atoms with Gasteiger partial charge in [0.05, 0.1) is 109 Å². The zero-order valence-electron chi connectivity index (χ0n) is 74.0. The number of benzene rings is 7. The monoisotopic (exact) mass is 1710 g/mol. The van der Waals surface area contributed by atoms with Gasteiger partial charge in [0.15, 0.2) is 43.3 Å². The number of hydrogen-bond donors (Lipinski definition) is 0. The van der Waals surface area contributed by atoms with Crippen molar-refractivity contribution in [3.8, 4) is 0 Å². The van der Waals surface area contributed by atoms with Crippen LogP contribution in [0.1, 0.15) is 135 Å². The van der Waals surface area contributed by atoms with Gasteiger partial charge < -0.3 is 94.7 Å². The number of hydrogen-bond acceptors (Lipinski definition) is 22. The molecular formula is C100H129N3O21. The predicted octanol–water partition coefficient (Wildman–Crippen LogP) is 17.4.